The lowest BCUT2D eigenvalue weighted by molar-refractivity contribution is -0.190. The highest BCUT2D eigenvalue weighted by atomic mass is 16.7. The van der Waals surface area contributed by atoms with Crippen molar-refractivity contribution in [2.45, 2.75) is 18.1 Å². The van der Waals surface area contributed by atoms with Gasteiger partial charge in [-0.05, 0) is 46.5 Å². The van der Waals surface area contributed by atoms with Crippen LogP contribution in [0.5, 0.6) is 5.75 Å². The van der Waals surface area contributed by atoms with Crippen LogP contribution in [0.3, 0.4) is 0 Å². The van der Waals surface area contributed by atoms with Gasteiger partial charge in [-0.25, -0.2) is 0 Å². The minimum Gasteiger partial charge on any atom is -0.508 e. The van der Waals surface area contributed by atoms with E-state index in [0.717, 1.165) is 22.3 Å². The van der Waals surface area contributed by atoms with Gasteiger partial charge in [-0.2, -0.15) is 0 Å². The van der Waals surface area contributed by atoms with Crippen LogP contribution in [0, 0.1) is 0 Å². The molecule has 0 atom stereocenters. The molecule has 5 rings (SSSR count). The SMILES string of the molecule is O=C(OC(OC(=O)C(c1ccccc1)c1ccccc1)c1ccc(O)cc1)C(c1ccccc1)c1ccccc1. The normalized spacial score (nSPS) is 11.0. The lowest BCUT2D eigenvalue weighted by Crippen LogP contribution is -2.26. The number of phenolic OH excluding ortho intramolecular Hbond substituents is 1. The van der Waals surface area contributed by atoms with Crippen molar-refractivity contribution in [3.8, 4) is 5.75 Å². The van der Waals surface area contributed by atoms with Crippen molar-refractivity contribution >= 4 is 11.9 Å². The summed E-state index contributed by atoms with van der Waals surface area (Å²) in [5.41, 5.74) is 3.42. The van der Waals surface area contributed by atoms with Crippen LogP contribution in [0.2, 0.25) is 0 Å². The monoisotopic (exact) mass is 528 g/mol. The number of carbonyl (C=O) groups is 2. The van der Waals surface area contributed by atoms with Crippen molar-refractivity contribution in [1.82, 2.24) is 0 Å². The summed E-state index contributed by atoms with van der Waals surface area (Å²) in [5, 5.41) is 9.86. The molecule has 1 N–H and O–H groups in total. The van der Waals surface area contributed by atoms with Crippen molar-refractivity contribution in [3.63, 3.8) is 0 Å². The Morgan fingerprint density at radius 1 is 0.425 bits per heavy atom. The predicted octanol–water partition coefficient (Wildman–Crippen LogP) is 7.14. The number of benzene rings is 5. The first-order valence-corrected chi connectivity index (χ1v) is 13.0. The number of phenols is 1. The van der Waals surface area contributed by atoms with Gasteiger partial charge in [0.05, 0.1) is 0 Å². The Morgan fingerprint density at radius 2 is 0.725 bits per heavy atom. The van der Waals surface area contributed by atoms with Gasteiger partial charge in [0.25, 0.3) is 6.29 Å². The molecule has 5 heteroatoms. The molecule has 0 heterocycles. The third-order valence-corrected chi connectivity index (χ3v) is 6.61. The van der Waals surface area contributed by atoms with Gasteiger partial charge in [0, 0.05) is 5.56 Å². The fraction of sp³-hybridized carbons (Fsp3) is 0.0857. The third-order valence-electron chi connectivity index (χ3n) is 6.61. The molecule has 0 fully saturated rings. The second kappa shape index (κ2) is 12.6. The van der Waals surface area contributed by atoms with Crippen LogP contribution in [-0.2, 0) is 19.1 Å². The maximum Gasteiger partial charge on any atom is 0.321 e. The van der Waals surface area contributed by atoms with E-state index in [-0.39, 0.29) is 5.75 Å². The molecule has 0 spiro atoms. The Bertz CT molecular complexity index is 1340. The Balaban J connectivity index is 1.49. The highest BCUT2D eigenvalue weighted by molar-refractivity contribution is 5.84. The second-order valence-corrected chi connectivity index (χ2v) is 9.31. The first-order valence-electron chi connectivity index (χ1n) is 13.0. The number of esters is 2. The van der Waals surface area contributed by atoms with Crippen molar-refractivity contribution in [2.75, 3.05) is 0 Å². The Hall–Kier alpha value is -5.16. The van der Waals surface area contributed by atoms with Crippen LogP contribution in [-0.4, -0.2) is 17.0 Å². The van der Waals surface area contributed by atoms with Crippen LogP contribution in [0.4, 0.5) is 0 Å². The molecule has 0 aliphatic carbocycles. The average Bonchev–Trinajstić information content (AvgIpc) is 3.00. The molecule has 198 valence electrons. The maximum atomic E-state index is 13.8. The molecule has 5 aromatic rings. The van der Waals surface area contributed by atoms with Gasteiger partial charge in [-0.3, -0.25) is 9.59 Å². The van der Waals surface area contributed by atoms with Gasteiger partial charge in [0.2, 0.25) is 0 Å². The van der Waals surface area contributed by atoms with E-state index in [1.54, 1.807) is 12.1 Å². The van der Waals surface area contributed by atoms with E-state index in [2.05, 4.69) is 0 Å². The summed E-state index contributed by atoms with van der Waals surface area (Å²) < 4.78 is 12.0. The molecule has 0 aliphatic heterocycles. The summed E-state index contributed by atoms with van der Waals surface area (Å²) in [7, 11) is 0. The number of ether oxygens (including phenoxy) is 2. The van der Waals surface area contributed by atoms with Gasteiger partial charge in [0.1, 0.15) is 17.6 Å². The van der Waals surface area contributed by atoms with E-state index in [4.69, 9.17) is 9.47 Å². The Morgan fingerprint density at radius 3 is 1.02 bits per heavy atom. The van der Waals surface area contributed by atoms with E-state index < -0.39 is 30.1 Å². The predicted molar refractivity (Wildman–Crippen MR) is 152 cm³/mol. The summed E-state index contributed by atoms with van der Waals surface area (Å²) in [5.74, 6) is -2.57. The van der Waals surface area contributed by atoms with E-state index in [1.807, 2.05) is 121 Å². The van der Waals surface area contributed by atoms with E-state index in [9.17, 15) is 14.7 Å². The third kappa shape index (κ3) is 6.27. The molecule has 0 bridgehead atoms. The first-order chi connectivity index (χ1) is 19.6. The van der Waals surface area contributed by atoms with Crippen LogP contribution >= 0.6 is 0 Å². The maximum absolute atomic E-state index is 13.8. The Kier molecular flexibility index (Phi) is 8.32. The smallest absolute Gasteiger partial charge is 0.321 e. The lowest BCUT2D eigenvalue weighted by Gasteiger charge is -2.25. The van der Waals surface area contributed by atoms with Crippen LogP contribution in [0.1, 0.15) is 45.9 Å². The molecular weight excluding hydrogens is 500 g/mol. The highest BCUT2D eigenvalue weighted by Crippen LogP contribution is 2.33. The van der Waals surface area contributed by atoms with Gasteiger partial charge < -0.3 is 14.6 Å². The van der Waals surface area contributed by atoms with Crippen LogP contribution in [0.25, 0.3) is 0 Å². The second-order valence-electron chi connectivity index (χ2n) is 9.31. The number of carbonyl (C=O) groups excluding carboxylic acids is 2. The minimum absolute atomic E-state index is 0.0399. The molecule has 0 unspecified atom stereocenters. The molecule has 0 aromatic heterocycles. The standard InChI is InChI=1S/C35H28O5/c36-30-23-21-29(22-24-30)35(39-33(37)31(25-13-5-1-6-14-25)26-15-7-2-8-16-26)40-34(38)32(27-17-9-3-10-18-27)28-19-11-4-12-20-28/h1-24,31-32,35-36H. The van der Waals surface area contributed by atoms with Crippen molar-refractivity contribution in [1.29, 1.82) is 0 Å². The average molecular weight is 529 g/mol. The van der Waals surface area contributed by atoms with E-state index in [0.29, 0.717) is 5.56 Å². The zero-order chi connectivity index (χ0) is 27.7. The zero-order valence-electron chi connectivity index (χ0n) is 21.7. The molecule has 0 aliphatic rings. The van der Waals surface area contributed by atoms with Gasteiger partial charge in [-0.15, -0.1) is 0 Å². The molecule has 5 nitrogen and oxygen atoms in total. The number of aromatic hydroxyl groups is 1. The minimum atomic E-state index is -1.34. The number of hydrogen-bond acceptors (Lipinski definition) is 5. The fourth-order valence-corrected chi connectivity index (χ4v) is 4.65. The number of rotatable bonds is 9. The summed E-state index contributed by atoms with van der Waals surface area (Å²) in [6.45, 7) is 0. The zero-order valence-corrected chi connectivity index (χ0v) is 21.7. The first kappa shape index (κ1) is 26.4. The van der Waals surface area contributed by atoms with Crippen molar-refractivity contribution < 1.29 is 24.2 Å². The quantitative estimate of drug-likeness (QED) is 0.163. The van der Waals surface area contributed by atoms with Crippen molar-refractivity contribution in [3.05, 3.63) is 173 Å². The highest BCUT2D eigenvalue weighted by Gasteiger charge is 2.32. The van der Waals surface area contributed by atoms with E-state index >= 15 is 0 Å². The van der Waals surface area contributed by atoms with Gasteiger partial charge >= 0.3 is 11.9 Å². The molecule has 0 radical (unpaired) electrons. The number of hydrogen-bond donors (Lipinski definition) is 1. The molecule has 0 saturated carbocycles. The topological polar surface area (TPSA) is 72.8 Å². The fourth-order valence-electron chi connectivity index (χ4n) is 4.65. The van der Waals surface area contributed by atoms with Crippen LogP contribution in [0.15, 0.2) is 146 Å². The molecule has 40 heavy (non-hydrogen) atoms. The van der Waals surface area contributed by atoms with E-state index in [1.165, 1.54) is 12.1 Å². The largest absolute Gasteiger partial charge is 0.508 e. The summed E-state index contributed by atoms with van der Waals surface area (Å²) in [4.78, 5) is 27.6. The van der Waals surface area contributed by atoms with Gasteiger partial charge in [0.15, 0.2) is 0 Å². The summed E-state index contributed by atoms with van der Waals surface area (Å²) in [6, 6.07) is 43.4. The summed E-state index contributed by atoms with van der Waals surface area (Å²) >= 11 is 0. The molecular formula is C35H28O5. The molecule has 0 saturated heterocycles. The van der Waals surface area contributed by atoms with Gasteiger partial charge in [-0.1, -0.05) is 121 Å². The molecule has 5 aromatic carbocycles. The molecule has 0 amide bonds. The van der Waals surface area contributed by atoms with Crippen molar-refractivity contribution in [2.24, 2.45) is 0 Å². The van der Waals surface area contributed by atoms with Crippen LogP contribution < -0.4 is 0 Å². The lowest BCUT2D eigenvalue weighted by atomic mass is 9.91. The Labute approximate surface area is 233 Å². The summed E-state index contributed by atoms with van der Waals surface area (Å²) in [6.07, 6.45) is -1.34.